The monoisotopic (exact) mass is 464 g/mol. The summed E-state index contributed by atoms with van der Waals surface area (Å²) >= 11 is 0. The third-order valence-corrected chi connectivity index (χ3v) is 7.07. The molecule has 3 N–H and O–H groups in total. The Morgan fingerprint density at radius 3 is 2.44 bits per heavy atom. The topological polar surface area (TPSA) is 74.4 Å². The zero-order valence-electron chi connectivity index (χ0n) is 21.5. The molecule has 0 aliphatic carbocycles. The molecule has 1 heterocycles. The molecule has 3 aromatic rings. The number of rotatable bonds is 10. The van der Waals surface area contributed by atoms with Gasteiger partial charge in [-0.3, -0.25) is 10.0 Å². The van der Waals surface area contributed by atoms with Gasteiger partial charge < -0.3 is 9.72 Å². The van der Waals surface area contributed by atoms with Gasteiger partial charge in [0.1, 0.15) is 5.75 Å². The third kappa shape index (κ3) is 5.64. The van der Waals surface area contributed by atoms with Gasteiger partial charge in [0.05, 0.1) is 6.61 Å². The average Bonchev–Trinajstić information content (AvgIpc) is 3.23. The molecule has 1 aromatic heterocycles. The number of carbonyl (C=O) groups is 1. The summed E-state index contributed by atoms with van der Waals surface area (Å²) in [4.78, 5) is 14.9. The zero-order chi connectivity index (χ0) is 24.9. The van der Waals surface area contributed by atoms with Crippen molar-refractivity contribution < 1.29 is 14.7 Å². The number of fused-ring (bicyclic) bond motifs is 1. The van der Waals surface area contributed by atoms with Crippen molar-refractivity contribution >= 4 is 16.8 Å². The Morgan fingerprint density at radius 2 is 1.82 bits per heavy atom. The van der Waals surface area contributed by atoms with Crippen molar-refractivity contribution in [2.24, 2.45) is 5.41 Å². The maximum atomic E-state index is 11.4. The first kappa shape index (κ1) is 25.8. The molecule has 2 aromatic carbocycles. The van der Waals surface area contributed by atoms with Gasteiger partial charge in [-0.25, -0.2) is 5.48 Å². The van der Waals surface area contributed by atoms with Crippen LogP contribution >= 0.6 is 0 Å². The minimum absolute atomic E-state index is 0.106. The summed E-state index contributed by atoms with van der Waals surface area (Å²) in [5, 5.41) is 9.95. The summed E-state index contributed by atoms with van der Waals surface area (Å²) in [5.74, 6) is 0.592. The second-order valence-electron chi connectivity index (χ2n) is 10.5. The fourth-order valence-corrected chi connectivity index (χ4v) is 4.81. The quantitative estimate of drug-likeness (QED) is 0.227. The van der Waals surface area contributed by atoms with E-state index in [0.717, 1.165) is 42.7 Å². The zero-order valence-corrected chi connectivity index (χ0v) is 21.5. The highest BCUT2D eigenvalue weighted by Gasteiger charge is 2.33. The molecular weight excluding hydrogens is 424 g/mol. The van der Waals surface area contributed by atoms with Gasteiger partial charge in [0.25, 0.3) is 0 Å². The Balaban J connectivity index is 1.91. The number of ether oxygens (including phenoxy) is 1. The van der Waals surface area contributed by atoms with Crippen LogP contribution < -0.4 is 10.2 Å². The number of aryl methyl sites for hydroxylation is 2. The van der Waals surface area contributed by atoms with Crippen LogP contribution in [0.4, 0.5) is 0 Å². The number of aromatic amines is 1. The van der Waals surface area contributed by atoms with Gasteiger partial charge in [-0.2, -0.15) is 0 Å². The van der Waals surface area contributed by atoms with Crippen molar-refractivity contribution in [1.82, 2.24) is 10.5 Å². The molecule has 0 radical (unpaired) electrons. The number of nitrogens with one attached hydrogen (secondary N) is 2. The first-order chi connectivity index (χ1) is 16.1. The molecule has 184 valence electrons. The Bertz CT molecular complexity index is 1120. The summed E-state index contributed by atoms with van der Waals surface area (Å²) in [6.07, 6.45) is 5.97. The van der Waals surface area contributed by atoms with E-state index < -0.39 is 0 Å². The van der Waals surface area contributed by atoms with Crippen molar-refractivity contribution in [3.63, 3.8) is 0 Å². The molecule has 0 saturated carbocycles. The number of hydrogen-bond donors (Lipinski definition) is 3. The highest BCUT2D eigenvalue weighted by molar-refractivity contribution is 5.86. The van der Waals surface area contributed by atoms with Crippen LogP contribution in [0.15, 0.2) is 42.6 Å². The second kappa shape index (κ2) is 10.6. The van der Waals surface area contributed by atoms with Gasteiger partial charge >= 0.3 is 0 Å². The number of benzene rings is 2. The van der Waals surface area contributed by atoms with Crippen LogP contribution in [0.5, 0.6) is 5.75 Å². The number of carbonyl (C=O) groups excluding carboxylic acids is 1. The van der Waals surface area contributed by atoms with E-state index in [0.29, 0.717) is 6.42 Å². The summed E-state index contributed by atoms with van der Waals surface area (Å²) in [6, 6.07) is 13.0. The van der Waals surface area contributed by atoms with Gasteiger partial charge in [-0.05, 0) is 72.4 Å². The third-order valence-electron chi connectivity index (χ3n) is 7.07. The molecule has 34 heavy (non-hydrogen) atoms. The summed E-state index contributed by atoms with van der Waals surface area (Å²) in [6.45, 7) is 14.1. The lowest BCUT2D eigenvalue weighted by Crippen LogP contribution is -2.26. The fraction of sp³-hybridized carbons (Fsp3) is 0.483. The fourth-order valence-electron chi connectivity index (χ4n) is 4.81. The number of amides is 1. The Kier molecular flexibility index (Phi) is 8.09. The SMILES string of the molecule is CCC(CC)(c1ccc(OCCC(C)(C)C)c(C)c1)c1c[nH]c2cc(CCC(=O)NO)ccc12. The standard InChI is InChI=1S/C29H40N2O3/c1-7-29(8-2,22-11-13-26(20(3)17-22)34-16-15-28(4,5)6)24-19-30-25-18-21(9-12-23(24)25)10-14-27(32)31-33/h9,11-13,17-19,30,33H,7-8,10,14-16H2,1-6H3,(H,31,32). The molecule has 0 aliphatic heterocycles. The summed E-state index contributed by atoms with van der Waals surface area (Å²) < 4.78 is 6.12. The predicted molar refractivity (Wildman–Crippen MR) is 139 cm³/mol. The van der Waals surface area contributed by atoms with Gasteiger partial charge in [0.2, 0.25) is 5.91 Å². The Hall–Kier alpha value is -2.79. The summed E-state index contributed by atoms with van der Waals surface area (Å²) in [7, 11) is 0. The lowest BCUT2D eigenvalue weighted by molar-refractivity contribution is -0.129. The molecule has 0 bridgehead atoms. The van der Waals surface area contributed by atoms with Crippen LogP contribution in [0, 0.1) is 12.3 Å². The van der Waals surface area contributed by atoms with E-state index in [9.17, 15) is 4.79 Å². The minimum Gasteiger partial charge on any atom is -0.493 e. The van der Waals surface area contributed by atoms with Crippen molar-refractivity contribution in [3.05, 3.63) is 64.8 Å². The number of hydroxylamine groups is 1. The maximum Gasteiger partial charge on any atom is 0.243 e. The lowest BCUT2D eigenvalue weighted by atomic mass is 9.70. The molecule has 1 amide bonds. The molecule has 5 heteroatoms. The molecule has 5 nitrogen and oxygen atoms in total. The van der Waals surface area contributed by atoms with E-state index >= 15 is 0 Å². The van der Waals surface area contributed by atoms with Crippen LogP contribution in [0.3, 0.4) is 0 Å². The minimum atomic E-state index is -0.371. The normalized spacial score (nSPS) is 12.2. The van der Waals surface area contributed by atoms with Crippen molar-refractivity contribution in [2.45, 2.75) is 79.1 Å². The predicted octanol–water partition coefficient (Wildman–Crippen LogP) is 6.84. The van der Waals surface area contributed by atoms with E-state index in [2.05, 4.69) is 89.1 Å². The Labute approximate surface area is 203 Å². The van der Waals surface area contributed by atoms with Crippen molar-refractivity contribution in [3.8, 4) is 5.75 Å². The van der Waals surface area contributed by atoms with E-state index in [4.69, 9.17) is 9.94 Å². The lowest BCUT2D eigenvalue weighted by Gasteiger charge is -2.33. The van der Waals surface area contributed by atoms with E-state index in [1.54, 1.807) is 5.48 Å². The van der Waals surface area contributed by atoms with Crippen LogP contribution in [-0.4, -0.2) is 22.7 Å². The molecule has 0 saturated heterocycles. The number of hydrogen-bond acceptors (Lipinski definition) is 3. The molecule has 0 unspecified atom stereocenters. The van der Waals surface area contributed by atoms with Crippen LogP contribution in [-0.2, 0) is 16.6 Å². The highest BCUT2D eigenvalue weighted by atomic mass is 16.5. The van der Waals surface area contributed by atoms with Gasteiger partial charge in [0.15, 0.2) is 0 Å². The molecule has 0 aliphatic rings. The molecular formula is C29H40N2O3. The molecule has 0 fully saturated rings. The Morgan fingerprint density at radius 1 is 1.09 bits per heavy atom. The second-order valence-corrected chi connectivity index (χ2v) is 10.5. The first-order valence-corrected chi connectivity index (χ1v) is 12.4. The summed E-state index contributed by atoms with van der Waals surface area (Å²) in [5.41, 5.74) is 7.76. The van der Waals surface area contributed by atoms with E-state index in [-0.39, 0.29) is 23.2 Å². The largest absolute Gasteiger partial charge is 0.493 e. The van der Waals surface area contributed by atoms with Gasteiger partial charge in [-0.1, -0.05) is 58.9 Å². The average molecular weight is 465 g/mol. The van der Waals surface area contributed by atoms with Crippen molar-refractivity contribution in [1.29, 1.82) is 0 Å². The maximum absolute atomic E-state index is 11.4. The highest BCUT2D eigenvalue weighted by Crippen LogP contribution is 2.43. The van der Waals surface area contributed by atoms with Gasteiger partial charge in [-0.15, -0.1) is 0 Å². The first-order valence-electron chi connectivity index (χ1n) is 12.4. The molecule has 0 spiro atoms. The van der Waals surface area contributed by atoms with E-state index in [1.165, 1.54) is 22.1 Å². The number of aromatic nitrogens is 1. The van der Waals surface area contributed by atoms with E-state index in [1.807, 2.05) is 0 Å². The van der Waals surface area contributed by atoms with Crippen LogP contribution in [0.2, 0.25) is 0 Å². The van der Waals surface area contributed by atoms with Crippen LogP contribution in [0.25, 0.3) is 10.9 Å². The smallest absolute Gasteiger partial charge is 0.243 e. The number of H-pyrrole nitrogens is 1. The van der Waals surface area contributed by atoms with Gasteiger partial charge in [0, 0.05) is 28.9 Å². The molecule has 3 rings (SSSR count). The van der Waals surface area contributed by atoms with Crippen LogP contribution in [0.1, 0.15) is 82.6 Å². The van der Waals surface area contributed by atoms with Crippen molar-refractivity contribution in [2.75, 3.05) is 6.61 Å². The molecule has 0 atom stereocenters.